The Balaban J connectivity index is 1.71. The fourth-order valence-corrected chi connectivity index (χ4v) is 5.13. The summed E-state index contributed by atoms with van der Waals surface area (Å²) in [6.45, 7) is 5.91. The maximum Gasteiger partial charge on any atom is 0.270 e. The lowest BCUT2D eigenvalue weighted by Crippen LogP contribution is -2.39. The second kappa shape index (κ2) is 8.78. The summed E-state index contributed by atoms with van der Waals surface area (Å²) in [6.07, 6.45) is 1.24. The van der Waals surface area contributed by atoms with Crippen LogP contribution in [-0.4, -0.2) is 16.6 Å². The number of anilines is 2. The van der Waals surface area contributed by atoms with E-state index >= 15 is 0 Å². The minimum atomic E-state index is -0.764. The van der Waals surface area contributed by atoms with Crippen molar-refractivity contribution in [3.63, 3.8) is 0 Å². The Kier molecular flexibility index (Phi) is 5.74. The van der Waals surface area contributed by atoms with Gasteiger partial charge < -0.3 is 9.73 Å². The summed E-state index contributed by atoms with van der Waals surface area (Å²) in [5, 5.41) is 14.7. The molecule has 1 aliphatic heterocycles. The van der Waals surface area contributed by atoms with Crippen LogP contribution >= 0.6 is 0 Å². The zero-order valence-electron chi connectivity index (χ0n) is 20.4. The number of carbonyl (C=O) groups excluding carboxylic acids is 2. The number of benzene rings is 2. The fourth-order valence-electron chi connectivity index (χ4n) is 5.13. The van der Waals surface area contributed by atoms with Gasteiger partial charge in [0.1, 0.15) is 17.6 Å². The second-order valence-electron chi connectivity index (χ2n) is 10.0. The van der Waals surface area contributed by atoms with Crippen LogP contribution in [0.3, 0.4) is 0 Å². The molecule has 0 fully saturated rings. The molecule has 8 heteroatoms. The van der Waals surface area contributed by atoms with Crippen molar-refractivity contribution in [3.05, 3.63) is 87.8 Å². The normalized spacial score (nSPS) is 18.7. The largest absolute Gasteiger partial charge is 0.458 e. The Morgan fingerprint density at radius 1 is 1.14 bits per heavy atom. The molecule has 0 bridgehead atoms. The molecule has 1 aliphatic carbocycles. The first-order valence-electron chi connectivity index (χ1n) is 12.0. The van der Waals surface area contributed by atoms with Gasteiger partial charge in [-0.05, 0) is 36.1 Å². The van der Waals surface area contributed by atoms with Crippen molar-refractivity contribution in [3.8, 4) is 11.3 Å². The number of rotatable bonds is 4. The number of hydrogen-bond acceptors (Lipinski definition) is 6. The lowest BCUT2D eigenvalue weighted by atomic mass is 9.74. The van der Waals surface area contributed by atoms with Gasteiger partial charge in [0, 0.05) is 41.8 Å². The van der Waals surface area contributed by atoms with E-state index < -0.39 is 11.0 Å². The molecule has 2 aromatic carbocycles. The third kappa shape index (κ3) is 4.08. The van der Waals surface area contributed by atoms with Crippen LogP contribution in [0.5, 0.6) is 0 Å². The van der Waals surface area contributed by atoms with Gasteiger partial charge in [0.2, 0.25) is 5.91 Å². The number of furan rings is 1. The Morgan fingerprint density at radius 2 is 1.92 bits per heavy atom. The number of Topliss-reactive ketones (excluding diaryl/α,β-unsaturated/α-hetero) is 1. The van der Waals surface area contributed by atoms with E-state index in [-0.39, 0.29) is 29.2 Å². The highest BCUT2D eigenvalue weighted by molar-refractivity contribution is 6.06. The quantitative estimate of drug-likeness (QED) is 0.338. The van der Waals surface area contributed by atoms with E-state index in [4.69, 9.17) is 4.42 Å². The van der Waals surface area contributed by atoms with Crippen molar-refractivity contribution in [1.82, 2.24) is 0 Å². The second-order valence-corrected chi connectivity index (χ2v) is 10.0. The summed E-state index contributed by atoms with van der Waals surface area (Å²) in [4.78, 5) is 39.5. The molecule has 0 radical (unpaired) electrons. The van der Waals surface area contributed by atoms with Gasteiger partial charge in [-0.3, -0.25) is 24.6 Å². The first-order valence-corrected chi connectivity index (χ1v) is 12.0. The summed E-state index contributed by atoms with van der Waals surface area (Å²) in [5.74, 6) is 0.675. The summed E-state index contributed by atoms with van der Waals surface area (Å²) in [5.41, 5.74) is 2.99. The number of allylic oxidation sites excluding steroid dienone is 1. The number of carbonyl (C=O) groups is 2. The molecule has 8 nitrogen and oxygen atoms in total. The van der Waals surface area contributed by atoms with Crippen molar-refractivity contribution >= 4 is 28.8 Å². The average Bonchev–Trinajstić information content (AvgIpc) is 3.27. The minimum Gasteiger partial charge on any atom is -0.458 e. The maximum atomic E-state index is 13.6. The molecule has 1 atom stereocenters. The first-order chi connectivity index (χ1) is 17.2. The van der Waals surface area contributed by atoms with Crippen LogP contribution in [0.4, 0.5) is 17.1 Å². The van der Waals surface area contributed by atoms with Crippen molar-refractivity contribution in [2.45, 2.75) is 46.1 Å². The number of para-hydroxylation sites is 2. The van der Waals surface area contributed by atoms with Crippen LogP contribution in [0.2, 0.25) is 0 Å². The molecule has 184 valence electrons. The molecule has 36 heavy (non-hydrogen) atoms. The fraction of sp³-hybridized carbons (Fsp3) is 0.286. The zero-order chi connectivity index (χ0) is 25.6. The monoisotopic (exact) mass is 485 g/mol. The van der Waals surface area contributed by atoms with Gasteiger partial charge in [-0.15, -0.1) is 0 Å². The topological polar surface area (TPSA) is 106 Å². The van der Waals surface area contributed by atoms with Crippen molar-refractivity contribution in [2.75, 3.05) is 10.2 Å². The summed E-state index contributed by atoms with van der Waals surface area (Å²) in [6, 6.07) is 16.4. The van der Waals surface area contributed by atoms with Gasteiger partial charge in [-0.25, -0.2) is 0 Å². The molecular weight excluding hydrogens is 458 g/mol. The third-order valence-electron chi connectivity index (χ3n) is 6.71. The Hall–Kier alpha value is -4.20. The van der Waals surface area contributed by atoms with Gasteiger partial charge in [-0.2, -0.15) is 0 Å². The number of nitro benzene ring substituents is 1. The molecule has 0 unspecified atom stereocenters. The van der Waals surface area contributed by atoms with Gasteiger partial charge in [-0.1, -0.05) is 45.0 Å². The highest BCUT2D eigenvalue weighted by Gasteiger charge is 2.44. The molecule has 1 N–H and O–H groups in total. The Bertz CT molecular complexity index is 1420. The van der Waals surface area contributed by atoms with Crippen LogP contribution in [0.25, 0.3) is 11.3 Å². The van der Waals surface area contributed by atoms with E-state index in [0.717, 1.165) is 11.4 Å². The van der Waals surface area contributed by atoms with E-state index in [1.807, 2.05) is 24.3 Å². The van der Waals surface area contributed by atoms with Crippen LogP contribution in [0.15, 0.2) is 76.4 Å². The highest BCUT2D eigenvalue weighted by atomic mass is 16.6. The molecule has 2 heterocycles. The number of nitrogens with zero attached hydrogens (tertiary/aromatic N) is 2. The summed E-state index contributed by atoms with van der Waals surface area (Å²) < 4.78 is 6.26. The minimum absolute atomic E-state index is 0.0336. The lowest BCUT2D eigenvalue weighted by molar-refractivity contribution is -0.384. The molecule has 0 saturated carbocycles. The highest BCUT2D eigenvalue weighted by Crippen LogP contribution is 2.49. The number of nitrogens with one attached hydrogen (secondary N) is 1. The molecule has 5 rings (SSSR count). The number of amides is 1. The Morgan fingerprint density at radius 3 is 2.67 bits per heavy atom. The van der Waals surface area contributed by atoms with Crippen LogP contribution in [0.1, 0.15) is 51.8 Å². The Labute approximate surface area is 208 Å². The predicted molar refractivity (Wildman–Crippen MR) is 136 cm³/mol. The van der Waals surface area contributed by atoms with Crippen LogP contribution in [0, 0.1) is 15.5 Å². The van der Waals surface area contributed by atoms with E-state index in [1.54, 1.807) is 36.1 Å². The maximum absolute atomic E-state index is 13.6. The van der Waals surface area contributed by atoms with E-state index in [2.05, 4.69) is 19.2 Å². The number of nitro groups is 1. The number of fused-ring (bicyclic) bond motifs is 1. The summed E-state index contributed by atoms with van der Waals surface area (Å²) in [7, 11) is 0. The smallest absolute Gasteiger partial charge is 0.270 e. The van der Waals surface area contributed by atoms with Gasteiger partial charge >= 0.3 is 0 Å². The first kappa shape index (κ1) is 23.5. The standard InChI is InChI=1S/C28H27N3O5/c1-4-25(33)30-21-11-6-5-10-19(21)29-20-15-28(2,3)16-22(32)26(20)27(30)24-13-12-23(36-24)17-8-7-9-18(14-17)31(34)35/h5-14,27,29H,4,15-16H2,1-3H3/t27-/m0/s1. The molecule has 3 aromatic rings. The average molecular weight is 486 g/mol. The molecule has 1 aromatic heterocycles. The van der Waals surface area contributed by atoms with E-state index in [1.165, 1.54) is 12.1 Å². The van der Waals surface area contributed by atoms with Crippen molar-refractivity contribution < 1.29 is 18.9 Å². The molecule has 0 spiro atoms. The van der Waals surface area contributed by atoms with Gasteiger partial charge in [0.15, 0.2) is 5.78 Å². The van der Waals surface area contributed by atoms with E-state index in [0.29, 0.717) is 41.2 Å². The van der Waals surface area contributed by atoms with Crippen LogP contribution in [-0.2, 0) is 9.59 Å². The molecule has 1 amide bonds. The van der Waals surface area contributed by atoms with Crippen molar-refractivity contribution in [1.29, 1.82) is 0 Å². The number of ketones is 1. The van der Waals surface area contributed by atoms with Crippen molar-refractivity contribution in [2.24, 2.45) is 5.41 Å². The number of hydrogen-bond donors (Lipinski definition) is 1. The van der Waals surface area contributed by atoms with Gasteiger partial charge in [0.25, 0.3) is 5.69 Å². The van der Waals surface area contributed by atoms with Crippen LogP contribution < -0.4 is 10.2 Å². The molecular formula is C28H27N3O5. The lowest BCUT2D eigenvalue weighted by Gasteiger charge is -2.36. The zero-order valence-corrected chi connectivity index (χ0v) is 20.4. The number of non-ortho nitro benzene ring substituents is 1. The predicted octanol–water partition coefficient (Wildman–Crippen LogP) is 6.41. The summed E-state index contributed by atoms with van der Waals surface area (Å²) >= 11 is 0. The van der Waals surface area contributed by atoms with Gasteiger partial charge in [0.05, 0.1) is 16.3 Å². The van der Waals surface area contributed by atoms with E-state index in [9.17, 15) is 19.7 Å². The SMILES string of the molecule is CCC(=O)N1c2ccccc2NC2=C(C(=O)CC(C)(C)C2)[C@@H]1c1ccc(-c2cccc([N+](=O)[O-])c2)o1. The molecule has 0 saturated heterocycles. The molecule has 2 aliphatic rings. The third-order valence-corrected chi connectivity index (χ3v) is 6.71.